The second-order valence-corrected chi connectivity index (χ2v) is 9.60. The summed E-state index contributed by atoms with van der Waals surface area (Å²) in [6, 6.07) is 11.4. The van der Waals surface area contributed by atoms with Crippen LogP contribution in [0.1, 0.15) is 31.9 Å². The molecule has 0 amide bonds. The Bertz CT molecular complexity index is 689. The van der Waals surface area contributed by atoms with E-state index < -0.39 is 0 Å². The molecule has 0 spiro atoms. The number of nitrogens with one attached hydrogen (secondary N) is 2. The van der Waals surface area contributed by atoms with E-state index in [9.17, 15) is 0 Å². The summed E-state index contributed by atoms with van der Waals surface area (Å²) in [7, 11) is 4.07. The van der Waals surface area contributed by atoms with Crippen molar-refractivity contribution in [2.24, 2.45) is 10.9 Å². The number of rotatable bonds is 9. The zero-order valence-corrected chi connectivity index (χ0v) is 23.3. The number of halogens is 1. The maximum absolute atomic E-state index is 5.95. The lowest BCUT2D eigenvalue weighted by Crippen LogP contribution is -2.50. The van der Waals surface area contributed by atoms with Crippen LogP contribution >= 0.6 is 24.0 Å². The first-order chi connectivity index (χ1) is 15.5. The topological polar surface area (TPSA) is 55.4 Å². The van der Waals surface area contributed by atoms with Crippen molar-refractivity contribution in [3.63, 3.8) is 0 Å². The summed E-state index contributed by atoms with van der Waals surface area (Å²) < 4.78 is 5.95. The zero-order valence-electron chi connectivity index (χ0n) is 21.0. The highest BCUT2D eigenvalue weighted by Crippen LogP contribution is 2.24. The maximum atomic E-state index is 5.95. The normalized spacial score (nSPS) is 23.4. The van der Waals surface area contributed by atoms with Crippen LogP contribution < -0.4 is 10.6 Å². The van der Waals surface area contributed by atoms with Gasteiger partial charge in [-0.2, -0.15) is 0 Å². The van der Waals surface area contributed by atoms with Gasteiger partial charge in [-0.3, -0.25) is 14.8 Å². The van der Waals surface area contributed by atoms with E-state index in [0.717, 1.165) is 77.9 Å². The summed E-state index contributed by atoms with van der Waals surface area (Å²) in [6.45, 7) is 14.7. The fourth-order valence-corrected chi connectivity index (χ4v) is 4.72. The lowest BCUT2D eigenvalue weighted by atomic mass is 10.0. The fourth-order valence-electron chi connectivity index (χ4n) is 4.72. The molecule has 2 atom stereocenters. The van der Waals surface area contributed by atoms with Crippen molar-refractivity contribution in [1.82, 2.24) is 25.3 Å². The number of likely N-dealkylation sites (N-methyl/N-ethyl adjacent to an activating group) is 1. The molecule has 2 aliphatic rings. The summed E-state index contributed by atoms with van der Waals surface area (Å²) in [6.07, 6.45) is 1.31. The number of nitrogens with zero attached hydrogens (tertiary/aromatic N) is 4. The van der Waals surface area contributed by atoms with E-state index in [1.54, 1.807) is 0 Å². The Morgan fingerprint density at radius 2 is 1.91 bits per heavy atom. The van der Waals surface area contributed by atoms with Gasteiger partial charge in [0.2, 0.25) is 0 Å². The van der Waals surface area contributed by atoms with Crippen LogP contribution in [0.3, 0.4) is 0 Å². The van der Waals surface area contributed by atoms with Crippen LogP contribution in [0.2, 0.25) is 0 Å². The molecule has 0 bridgehead atoms. The molecule has 2 N–H and O–H groups in total. The second kappa shape index (κ2) is 15.1. The lowest BCUT2D eigenvalue weighted by Gasteiger charge is -2.40. The minimum Gasteiger partial charge on any atom is -0.374 e. The molecule has 2 saturated heterocycles. The Morgan fingerprint density at radius 3 is 2.64 bits per heavy atom. The number of ether oxygens (including phenoxy) is 1. The molecule has 8 heteroatoms. The molecule has 0 aliphatic carbocycles. The third-order valence-electron chi connectivity index (χ3n) is 6.36. The first-order valence-corrected chi connectivity index (χ1v) is 12.3. The minimum absolute atomic E-state index is 0. The molecule has 2 aliphatic heterocycles. The van der Waals surface area contributed by atoms with Crippen molar-refractivity contribution < 1.29 is 4.74 Å². The fraction of sp³-hybridized carbons (Fsp3) is 0.720. The number of hydrogen-bond acceptors (Lipinski definition) is 5. The van der Waals surface area contributed by atoms with Crippen LogP contribution in [-0.2, 0) is 4.74 Å². The van der Waals surface area contributed by atoms with E-state index in [0.29, 0.717) is 12.0 Å². The number of morpholine rings is 1. The standard InChI is InChI=1S/C25H44N6O.HI/c1-21(2)18-30-15-16-32-23(19-30)17-28-25(26-3)27-11-8-12-31-14-13-29(4)20-24(31)22-9-6-5-7-10-22;/h5-7,9-10,21,23-24H,8,11-20H2,1-4H3,(H2,26,27,28);1H. The van der Waals surface area contributed by atoms with E-state index >= 15 is 0 Å². The van der Waals surface area contributed by atoms with Crippen molar-refractivity contribution in [1.29, 1.82) is 0 Å². The van der Waals surface area contributed by atoms with Gasteiger partial charge in [-0.25, -0.2) is 0 Å². The van der Waals surface area contributed by atoms with Crippen LogP contribution in [0.5, 0.6) is 0 Å². The summed E-state index contributed by atoms with van der Waals surface area (Å²) in [4.78, 5) is 12.0. The van der Waals surface area contributed by atoms with Crippen LogP contribution in [0, 0.1) is 5.92 Å². The van der Waals surface area contributed by atoms with Gasteiger partial charge in [-0.05, 0) is 24.9 Å². The van der Waals surface area contributed by atoms with E-state index in [1.807, 2.05) is 7.05 Å². The second-order valence-electron chi connectivity index (χ2n) is 9.60. The molecule has 1 aromatic rings. The maximum Gasteiger partial charge on any atom is 0.191 e. The molecule has 2 heterocycles. The molecule has 0 radical (unpaired) electrons. The number of hydrogen-bond donors (Lipinski definition) is 2. The van der Waals surface area contributed by atoms with Gasteiger partial charge in [-0.15, -0.1) is 24.0 Å². The van der Waals surface area contributed by atoms with Crippen LogP contribution in [0.15, 0.2) is 35.3 Å². The number of piperazine rings is 1. The predicted molar refractivity (Wildman–Crippen MR) is 149 cm³/mol. The van der Waals surface area contributed by atoms with Gasteiger partial charge in [0.1, 0.15) is 0 Å². The molecule has 0 aromatic heterocycles. The Morgan fingerprint density at radius 1 is 1.12 bits per heavy atom. The van der Waals surface area contributed by atoms with Gasteiger partial charge in [0, 0.05) is 72.0 Å². The molecule has 2 fully saturated rings. The quantitative estimate of drug-likeness (QED) is 0.205. The third kappa shape index (κ3) is 9.68. The van der Waals surface area contributed by atoms with Crippen molar-refractivity contribution >= 4 is 29.9 Å². The first-order valence-electron chi connectivity index (χ1n) is 12.3. The predicted octanol–water partition coefficient (Wildman–Crippen LogP) is 2.51. The van der Waals surface area contributed by atoms with Gasteiger partial charge in [0.05, 0.1) is 12.7 Å². The van der Waals surface area contributed by atoms with E-state index in [-0.39, 0.29) is 30.1 Å². The van der Waals surface area contributed by atoms with Crippen LogP contribution in [0.25, 0.3) is 0 Å². The van der Waals surface area contributed by atoms with E-state index in [2.05, 4.69) is 81.6 Å². The number of benzene rings is 1. The smallest absolute Gasteiger partial charge is 0.191 e. The van der Waals surface area contributed by atoms with Crippen molar-refractivity contribution in [3.05, 3.63) is 35.9 Å². The van der Waals surface area contributed by atoms with Gasteiger partial charge < -0.3 is 20.3 Å². The molecule has 0 saturated carbocycles. The highest BCUT2D eigenvalue weighted by molar-refractivity contribution is 14.0. The lowest BCUT2D eigenvalue weighted by molar-refractivity contribution is -0.0284. The summed E-state index contributed by atoms with van der Waals surface area (Å²) in [5.41, 5.74) is 1.42. The molecule has 1 aromatic carbocycles. The number of aliphatic imine (C=N–C) groups is 1. The Kier molecular flexibility index (Phi) is 13.0. The van der Waals surface area contributed by atoms with Gasteiger partial charge >= 0.3 is 0 Å². The van der Waals surface area contributed by atoms with E-state index in [4.69, 9.17) is 4.74 Å². The Labute approximate surface area is 218 Å². The molecule has 33 heavy (non-hydrogen) atoms. The zero-order chi connectivity index (χ0) is 22.8. The third-order valence-corrected chi connectivity index (χ3v) is 6.36. The SMILES string of the molecule is CN=C(NCCCN1CCN(C)CC1c1ccccc1)NCC1CN(CC(C)C)CCO1.I. The first kappa shape index (κ1) is 28.3. The number of guanidine groups is 1. The summed E-state index contributed by atoms with van der Waals surface area (Å²) >= 11 is 0. The minimum atomic E-state index is 0. The van der Waals surface area contributed by atoms with Crippen LogP contribution in [-0.4, -0.2) is 106 Å². The molecule has 7 nitrogen and oxygen atoms in total. The molecule has 2 unspecified atom stereocenters. The van der Waals surface area contributed by atoms with Gasteiger partial charge in [-0.1, -0.05) is 44.2 Å². The Balaban J connectivity index is 0.00000385. The monoisotopic (exact) mass is 572 g/mol. The highest BCUT2D eigenvalue weighted by atomic mass is 127. The molecular formula is C25H45IN6O. The molecule has 3 rings (SSSR count). The molecule has 188 valence electrons. The average Bonchev–Trinajstić information content (AvgIpc) is 2.80. The summed E-state index contributed by atoms with van der Waals surface area (Å²) in [5.74, 6) is 1.56. The van der Waals surface area contributed by atoms with E-state index in [1.165, 1.54) is 5.56 Å². The van der Waals surface area contributed by atoms with Crippen molar-refractivity contribution in [3.8, 4) is 0 Å². The van der Waals surface area contributed by atoms with Gasteiger partial charge in [0.25, 0.3) is 0 Å². The highest BCUT2D eigenvalue weighted by Gasteiger charge is 2.26. The average molecular weight is 573 g/mol. The van der Waals surface area contributed by atoms with Crippen LogP contribution in [0.4, 0.5) is 0 Å². The summed E-state index contributed by atoms with van der Waals surface area (Å²) in [5, 5.41) is 6.95. The Hall–Kier alpha value is -0.940. The van der Waals surface area contributed by atoms with Gasteiger partial charge in [0.15, 0.2) is 5.96 Å². The largest absolute Gasteiger partial charge is 0.374 e. The van der Waals surface area contributed by atoms with Crippen molar-refractivity contribution in [2.75, 3.05) is 79.6 Å². The molecular weight excluding hydrogens is 527 g/mol. The van der Waals surface area contributed by atoms with Crippen molar-refractivity contribution in [2.45, 2.75) is 32.4 Å².